The van der Waals surface area contributed by atoms with Gasteiger partial charge in [0, 0.05) is 7.11 Å². The average Bonchev–Trinajstić information content (AvgIpc) is 1.98. The molecule has 0 rings (SSSR count). The van der Waals surface area contributed by atoms with Crippen LogP contribution in [0.15, 0.2) is 0 Å². The fourth-order valence-electron chi connectivity index (χ4n) is 0.976. The van der Waals surface area contributed by atoms with Crippen LogP contribution in [0, 0.1) is 0 Å². The molecule has 1 heteroatoms. The van der Waals surface area contributed by atoms with Gasteiger partial charge < -0.3 is 4.74 Å². The normalized spacial score (nSPS) is 13.5. The van der Waals surface area contributed by atoms with Gasteiger partial charge >= 0.3 is 0 Å². The third-order valence-electron chi connectivity index (χ3n) is 1.87. The van der Waals surface area contributed by atoms with Crippen molar-refractivity contribution < 1.29 is 4.74 Å². The van der Waals surface area contributed by atoms with Crippen LogP contribution in [-0.2, 0) is 4.74 Å². The Morgan fingerprint density at radius 3 is 2.40 bits per heavy atom. The number of hydrogen-bond acceptors (Lipinski definition) is 1. The fourth-order valence-corrected chi connectivity index (χ4v) is 0.976. The summed E-state index contributed by atoms with van der Waals surface area (Å²) in [6, 6.07) is 0. The number of rotatable bonds is 6. The minimum absolute atomic E-state index is 0.455. The number of unbranched alkanes of at least 4 members (excludes halogenated alkanes) is 3. The maximum atomic E-state index is 5.13. The monoisotopic (exact) mass is 144 g/mol. The highest BCUT2D eigenvalue weighted by molar-refractivity contribution is 4.49. The summed E-state index contributed by atoms with van der Waals surface area (Å²) < 4.78 is 5.13. The van der Waals surface area contributed by atoms with Crippen LogP contribution in [0.3, 0.4) is 0 Å². The number of hydrogen-bond donors (Lipinski definition) is 0. The van der Waals surface area contributed by atoms with Crippen LogP contribution < -0.4 is 0 Å². The summed E-state index contributed by atoms with van der Waals surface area (Å²) in [6.07, 6.45) is 7.05. The van der Waals surface area contributed by atoms with Gasteiger partial charge in [-0.05, 0) is 13.3 Å². The maximum absolute atomic E-state index is 5.13. The Hall–Kier alpha value is -0.0400. The lowest BCUT2D eigenvalue weighted by Gasteiger charge is -2.07. The van der Waals surface area contributed by atoms with Crippen LogP contribution in [0.25, 0.3) is 0 Å². The minimum Gasteiger partial charge on any atom is -0.382 e. The van der Waals surface area contributed by atoms with E-state index in [9.17, 15) is 0 Å². The predicted octanol–water partition coefficient (Wildman–Crippen LogP) is 2.99. The molecule has 62 valence electrons. The van der Waals surface area contributed by atoms with Crippen molar-refractivity contribution in [1.29, 1.82) is 0 Å². The molecule has 10 heavy (non-hydrogen) atoms. The highest BCUT2D eigenvalue weighted by Gasteiger charge is 1.96. The third kappa shape index (κ3) is 6.09. The van der Waals surface area contributed by atoms with Gasteiger partial charge in [-0.15, -0.1) is 0 Å². The lowest BCUT2D eigenvalue weighted by molar-refractivity contribution is 0.108. The lowest BCUT2D eigenvalue weighted by Crippen LogP contribution is -2.03. The van der Waals surface area contributed by atoms with Gasteiger partial charge in [0.05, 0.1) is 6.10 Å². The molecule has 0 unspecified atom stereocenters. The van der Waals surface area contributed by atoms with Crippen molar-refractivity contribution in [3.63, 3.8) is 0 Å². The van der Waals surface area contributed by atoms with Crippen LogP contribution in [0.2, 0.25) is 0 Å². The van der Waals surface area contributed by atoms with Crippen molar-refractivity contribution in [2.45, 2.75) is 52.1 Å². The molecule has 0 spiro atoms. The van der Waals surface area contributed by atoms with E-state index < -0.39 is 0 Å². The van der Waals surface area contributed by atoms with Gasteiger partial charge in [-0.25, -0.2) is 0 Å². The van der Waals surface area contributed by atoms with Gasteiger partial charge in [0.2, 0.25) is 0 Å². The molecule has 0 amide bonds. The molecule has 0 saturated heterocycles. The molecular formula is C9H20O. The first-order valence-electron chi connectivity index (χ1n) is 4.34. The van der Waals surface area contributed by atoms with E-state index in [1.807, 2.05) is 0 Å². The molecule has 0 aromatic rings. The molecule has 0 bridgehead atoms. The topological polar surface area (TPSA) is 9.23 Å². The Balaban J connectivity index is 2.89. The zero-order valence-corrected chi connectivity index (χ0v) is 7.52. The summed E-state index contributed by atoms with van der Waals surface area (Å²) in [5.74, 6) is 0. The van der Waals surface area contributed by atoms with E-state index >= 15 is 0 Å². The highest BCUT2D eigenvalue weighted by Crippen LogP contribution is 2.06. The molecule has 0 radical (unpaired) electrons. The second-order valence-electron chi connectivity index (χ2n) is 2.90. The Kier molecular flexibility index (Phi) is 7.04. The van der Waals surface area contributed by atoms with E-state index in [1.54, 1.807) is 7.11 Å². The summed E-state index contributed by atoms with van der Waals surface area (Å²) in [5, 5.41) is 0. The highest BCUT2D eigenvalue weighted by atomic mass is 16.5. The number of ether oxygens (including phenoxy) is 1. The predicted molar refractivity (Wildman–Crippen MR) is 45.2 cm³/mol. The van der Waals surface area contributed by atoms with Crippen LogP contribution in [0.4, 0.5) is 0 Å². The summed E-state index contributed by atoms with van der Waals surface area (Å²) in [6.45, 7) is 4.37. The van der Waals surface area contributed by atoms with E-state index in [4.69, 9.17) is 4.74 Å². The summed E-state index contributed by atoms with van der Waals surface area (Å²) in [5.41, 5.74) is 0. The molecule has 0 aliphatic rings. The Morgan fingerprint density at radius 2 is 1.90 bits per heavy atom. The van der Waals surface area contributed by atoms with Gasteiger partial charge in [0.25, 0.3) is 0 Å². The molecule has 0 N–H and O–H groups in total. The Bertz CT molecular complexity index is 61.7. The minimum atomic E-state index is 0.455. The van der Waals surface area contributed by atoms with E-state index in [-0.39, 0.29) is 0 Å². The Labute approximate surface area is 64.8 Å². The first kappa shape index (κ1) is 9.96. The van der Waals surface area contributed by atoms with E-state index in [0.717, 1.165) is 0 Å². The molecule has 0 heterocycles. The Morgan fingerprint density at radius 1 is 1.20 bits per heavy atom. The van der Waals surface area contributed by atoms with Gasteiger partial charge in [0.1, 0.15) is 0 Å². The average molecular weight is 144 g/mol. The van der Waals surface area contributed by atoms with Crippen molar-refractivity contribution in [3.05, 3.63) is 0 Å². The van der Waals surface area contributed by atoms with Crippen molar-refractivity contribution in [3.8, 4) is 0 Å². The second kappa shape index (κ2) is 7.07. The smallest absolute Gasteiger partial charge is 0.0543 e. The van der Waals surface area contributed by atoms with Crippen molar-refractivity contribution in [2.75, 3.05) is 7.11 Å². The second-order valence-corrected chi connectivity index (χ2v) is 2.90. The molecule has 0 aliphatic heterocycles. The van der Waals surface area contributed by atoms with E-state index in [0.29, 0.717) is 6.10 Å². The van der Waals surface area contributed by atoms with Crippen molar-refractivity contribution in [1.82, 2.24) is 0 Å². The molecule has 0 fully saturated rings. The van der Waals surface area contributed by atoms with Gasteiger partial charge in [-0.1, -0.05) is 32.6 Å². The molecule has 0 aromatic heterocycles. The molecule has 1 nitrogen and oxygen atoms in total. The standard InChI is InChI=1S/C9H20O/c1-4-5-6-7-8-9(2)10-3/h9H,4-8H2,1-3H3/t9-/m0/s1. The number of methoxy groups -OCH3 is 1. The first-order valence-corrected chi connectivity index (χ1v) is 4.34. The maximum Gasteiger partial charge on any atom is 0.0543 e. The third-order valence-corrected chi connectivity index (χ3v) is 1.87. The first-order chi connectivity index (χ1) is 4.81. The SMILES string of the molecule is CCCCCC[C@H](C)OC. The molecule has 0 saturated carbocycles. The van der Waals surface area contributed by atoms with Crippen molar-refractivity contribution >= 4 is 0 Å². The van der Waals surface area contributed by atoms with E-state index in [2.05, 4.69) is 13.8 Å². The zero-order valence-electron chi connectivity index (χ0n) is 7.52. The summed E-state index contributed by atoms with van der Waals surface area (Å²) >= 11 is 0. The van der Waals surface area contributed by atoms with Gasteiger partial charge in [-0.3, -0.25) is 0 Å². The van der Waals surface area contributed by atoms with Gasteiger partial charge in [-0.2, -0.15) is 0 Å². The quantitative estimate of drug-likeness (QED) is 0.521. The largest absolute Gasteiger partial charge is 0.382 e. The van der Waals surface area contributed by atoms with Gasteiger partial charge in [0.15, 0.2) is 0 Å². The summed E-state index contributed by atoms with van der Waals surface area (Å²) in [4.78, 5) is 0. The molecule has 1 atom stereocenters. The zero-order chi connectivity index (χ0) is 7.82. The van der Waals surface area contributed by atoms with E-state index in [1.165, 1.54) is 32.1 Å². The molecule has 0 aromatic carbocycles. The molecule has 0 aliphatic carbocycles. The lowest BCUT2D eigenvalue weighted by atomic mass is 10.1. The van der Waals surface area contributed by atoms with Crippen LogP contribution in [-0.4, -0.2) is 13.2 Å². The molecular weight excluding hydrogens is 124 g/mol. The fraction of sp³-hybridized carbons (Fsp3) is 1.00. The van der Waals surface area contributed by atoms with Crippen LogP contribution in [0.5, 0.6) is 0 Å². The summed E-state index contributed by atoms with van der Waals surface area (Å²) in [7, 11) is 1.78. The van der Waals surface area contributed by atoms with Crippen molar-refractivity contribution in [2.24, 2.45) is 0 Å². The van der Waals surface area contributed by atoms with Crippen LogP contribution in [0.1, 0.15) is 46.0 Å². The van der Waals surface area contributed by atoms with Crippen LogP contribution >= 0.6 is 0 Å².